The molecule has 0 spiro atoms. The van der Waals surface area contributed by atoms with Crippen molar-refractivity contribution < 1.29 is 14.3 Å². The van der Waals surface area contributed by atoms with Crippen molar-refractivity contribution in [2.24, 2.45) is 0 Å². The number of rotatable bonds is 8. The van der Waals surface area contributed by atoms with Crippen LogP contribution in [0.5, 0.6) is 0 Å². The van der Waals surface area contributed by atoms with E-state index in [0.717, 1.165) is 63.7 Å². The molecule has 4 rings (SSSR count). The predicted molar refractivity (Wildman–Crippen MR) is 137 cm³/mol. The van der Waals surface area contributed by atoms with Gasteiger partial charge < -0.3 is 19.3 Å². The molecule has 7 heteroatoms. The number of nitrogens with zero attached hydrogens (tertiary/aromatic N) is 2. The summed E-state index contributed by atoms with van der Waals surface area (Å²) in [6.45, 7) is 6.70. The number of Topliss-reactive ketones (excluding diaryl/α,β-unsaturated/α-hetero) is 1. The summed E-state index contributed by atoms with van der Waals surface area (Å²) in [6, 6.07) is 16.9. The molecule has 2 aromatic rings. The van der Waals surface area contributed by atoms with Gasteiger partial charge in [0.15, 0.2) is 0 Å². The standard InChI is InChI=1S/C25H30Br2N2O3/c26-17-23(19-1-5-21(6-2-19)28-9-13-31-14-10-28)25(30)24(18-27)20-3-7-22(8-4-20)29-11-15-32-16-12-29/h1-8,23-24H,9-18H2. The number of carbonyl (C=O) groups excluding carboxylic acids is 1. The summed E-state index contributed by atoms with van der Waals surface area (Å²) in [5.41, 5.74) is 4.49. The number of hydrogen-bond acceptors (Lipinski definition) is 5. The molecule has 2 aromatic carbocycles. The van der Waals surface area contributed by atoms with E-state index < -0.39 is 0 Å². The Labute approximate surface area is 207 Å². The van der Waals surface area contributed by atoms with Crippen LogP contribution in [0.25, 0.3) is 0 Å². The largest absolute Gasteiger partial charge is 0.378 e. The summed E-state index contributed by atoms with van der Waals surface area (Å²) in [5, 5.41) is 1.22. The van der Waals surface area contributed by atoms with Gasteiger partial charge in [0, 0.05) is 48.2 Å². The minimum Gasteiger partial charge on any atom is -0.378 e. The molecule has 0 aromatic heterocycles. The first kappa shape index (κ1) is 23.7. The molecule has 0 saturated carbocycles. The quantitative estimate of drug-likeness (QED) is 0.438. The van der Waals surface area contributed by atoms with Gasteiger partial charge >= 0.3 is 0 Å². The average molecular weight is 566 g/mol. The Morgan fingerprint density at radius 2 is 1.03 bits per heavy atom. The molecule has 32 heavy (non-hydrogen) atoms. The van der Waals surface area contributed by atoms with Gasteiger partial charge in [-0.05, 0) is 35.4 Å². The number of alkyl halides is 2. The van der Waals surface area contributed by atoms with Gasteiger partial charge in [0.1, 0.15) is 5.78 Å². The highest BCUT2D eigenvalue weighted by Crippen LogP contribution is 2.32. The Morgan fingerprint density at radius 3 is 1.34 bits per heavy atom. The lowest BCUT2D eigenvalue weighted by atomic mass is 9.85. The van der Waals surface area contributed by atoms with Gasteiger partial charge in [0.25, 0.3) is 0 Å². The minimum atomic E-state index is -0.185. The molecule has 2 aliphatic rings. The molecule has 2 fully saturated rings. The topological polar surface area (TPSA) is 42.0 Å². The van der Waals surface area contributed by atoms with Crippen molar-refractivity contribution in [2.75, 3.05) is 73.1 Å². The number of halogens is 2. The zero-order chi connectivity index (χ0) is 22.3. The molecule has 2 atom stereocenters. The van der Waals surface area contributed by atoms with E-state index in [0.29, 0.717) is 10.7 Å². The fourth-order valence-electron chi connectivity index (χ4n) is 4.38. The van der Waals surface area contributed by atoms with Crippen LogP contribution in [0.15, 0.2) is 48.5 Å². The molecule has 0 N–H and O–H groups in total. The van der Waals surface area contributed by atoms with Crippen LogP contribution in [0.3, 0.4) is 0 Å². The summed E-state index contributed by atoms with van der Waals surface area (Å²) in [5.74, 6) is -0.137. The van der Waals surface area contributed by atoms with E-state index in [1.807, 2.05) is 0 Å². The molecule has 2 aliphatic heterocycles. The lowest BCUT2D eigenvalue weighted by molar-refractivity contribution is -0.121. The molecule has 0 aliphatic carbocycles. The van der Waals surface area contributed by atoms with Gasteiger partial charge in [0.2, 0.25) is 0 Å². The smallest absolute Gasteiger partial charge is 0.149 e. The minimum absolute atomic E-state index is 0.185. The molecule has 2 saturated heterocycles. The molecule has 2 heterocycles. The summed E-state index contributed by atoms with van der Waals surface area (Å²) in [6.07, 6.45) is 0. The Morgan fingerprint density at radius 1 is 0.688 bits per heavy atom. The fraction of sp³-hybridized carbons (Fsp3) is 0.480. The molecule has 0 radical (unpaired) electrons. The van der Waals surface area contributed by atoms with Crippen molar-refractivity contribution in [3.63, 3.8) is 0 Å². The Kier molecular flexibility index (Phi) is 8.63. The predicted octanol–water partition coefficient (Wildman–Crippen LogP) is 4.59. The SMILES string of the molecule is O=C(C(CBr)c1ccc(N2CCOCC2)cc1)C(CBr)c1ccc(N2CCOCC2)cc1. The van der Waals surface area contributed by atoms with E-state index in [9.17, 15) is 4.79 Å². The van der Waals surface area contributed by atoms with Crippen LogP contribution in [-0.2, 0) is 14.3 Å². The molecule has 0 amide bonds. The highest BCUT2D eigenvalue weighted by atomic mass is 79.9. The van der Waals surface area contributed by atoms with E-state index in [1.165, 1.54) is 11.4 Å². The van der Waals surface area contributed by atoms with E-state index in [-0.39, 0.29) is 17.6 Å². The first-order chi connectivity index (χ1) is 15.7. The van der Waals surface area contributed by atoms with Crippen LogP contribution in [0, 0.1) is 0 Å². The van der Waals surface area contributed by atoms with Crippen LogP contribution in [0.4, 0.5) is 11.4 Å². The van der Waals surface area contributed by atoms with E-state index in [4.69, 9.17) is 9.47 Å². The van der Waals surface area contributed by atoms with Crippen LogP contribution in [0.2, 0.25) is 0 Å². The molecule has 172 valence electrons. The van der Waals surface area contributed by atoms with Crippen LogP contribution in [0.1, 0.15) is 23.0 Å². The third-order valence-corrected chi connectivity index (χ3v) is 7.63. The Hall–Kier alpha value is -1.41. The summed E-state index contributed by atoms with van der Waals surface area (Å²) >= 11 is 7.20. The second-order valence-corrected chi connectivity index (χ2v) is 9.49. The van der Waals surface area contributed by atoms with Crippen molar-refractivity contribution in [3.05, 3.63) is 59.7 Å². The van der Waals surface area contributed by atoms with Crippen molar-refractivity contribution in [1.29, 1.82) is 0 Å². The van der Waals surface area contributed by atoms with Crippen LogP contribution in [-0.4, -0.2) is 69.0 Å². The number of anilines is 2. The number of ketones is 1. The third-order valence-electron chi connectivity index (χ3n) is 6.34. The van der Waals surface area contributed by atoms with Gasteiger partial charge in [-0.25, -0.2) is 0 Å². The second-order valence-electron chi connectivity index (χ2n) is 8.20. The Bertz CT molecular complexity index is 792. The van der Waals surface area contributed by atoms with Crippen molar-refractivity contribution in [3.8, 4) is 0 Å². The van der Waals surface area contributed by atoms with Crippen molar-refractivity contribution >= 4 is 49.0 Å². The van der Waals surface area contributed by atoms with Gasteiger partial charge in [-0.15, -0.1) is 0 Å². The van der Waals surface area contributed by atoms with E-state index in [1.54, 1.807) is 0 Å². The van der Waals surface area contributed by atoms with Gasteiger partial charge in [-0.3, -0.25) is 4.79 Å². The maximum Gasteiger partial charge on any atom is 0.149 e. The Balaban J connectivity index is 1.47. The third kappa shape index (κ3) is 5.56. The van der Waals surface area contributed by atoms with Crippen molar-refractivity contribution in [1.82, 2.24) is 0 Å². The fourth-order valence-corrected chi connectivity index (χ4v) is 5.77. The summed E-state index contributed by atoms with van der Waals surface area (Å²) in [7, 11) is 0. The number of carbonyl (C=O) groups is 1. The number of hydrogen-bond donors (Lipinski definition) is 0. The summed E-state index contributed by atoms with van der Waals surface area (Å²) < 4.78 is 10.9. The molecule has 5 nitrogen and oxygen atoms in total. The van der Waals surface area contributed by atoms with Gasteiger partial charge in [-0.1, -0.05) is 56.1 Å². The zero-order valence-electron chi connectivity index (χ0n) is 18.2. The van der Waals surface area contributed by atoms with E-state index >= 15 is 0 Å². The first-order valence-electron chi connectivity index (χ1n) is 11.2. The lowest BCUT2D eigenvalue weighted by Gasteiger charge is -2.29. The second kappa shape index (κ2) is 11.6. The molecular weight excluding hydrogens is 536 g/mol. The molecule has 0 bridgehead atoms. The van der Waals surface area contributed by atoms with E-state index in [2.05, 4.69) is 90.2 Å². The lowest BCUT2D eigenvalue weighted by Crippen LogP contribution is -2.36. The van der Waals surface area contributed by atoms with Crippen LogP contribution >= 0.6 is 31.9 Å². The number of morpholine rings is 2. The highest BCUT2D eigenvalue weighted by molar-refractivity contribution is 9.09. The van der Waals surface area contributed by atoms with Crippen LogP contribution < -0.4 is 9.80 Å². The maximum absolute atomic E-state index is 13.6. The average Bonchev–Trinajstić information content (AvgIpc) is 2.87. The molecular formula is C25H30Br2N2O3. The monoisotopic (exact) mass is 564 g/mol. The van der Waals surface area contributed by atoms with Gasteiger partial charge in [-0.2, -0.15) is 0 Å². The van der Waals surface area contributed by atoms with Gasteiger partial charge in [0.05, 0.1) is 38.3 Å². The maximum atomic E-state index is 13.6. The zero-order valence-corrected chi connectivity index (χ0v) is 21.4. The number of benzene rings is 2. The number of ether oxygens (including phenoxy) is 2. The van der Waals surface area contributed by atoms with Crippen molar-refractivity contribution in [2.45, 2.75) is 11.8 Å². The summed E-state index contributed by atoms with van der Waals surface area (Å²) in [4.78, 5) is 18.2. The highest BCUT2D eigenvalue weighted by Gasteiger charge is 2.28. The first-order valence-corrected chi connectivity index (χ1v) is 13.5. The normalized spacial score (nSPS) is 18.9. The molecule has 2 unspecified atom stereocenters.